The highest BCUT2D eigenvalue weighted by molar-refractivity contribution is 7.00. The standard InChI is InChI=1S/C130H155BN4/c1-118(2,3)80-54-64-103-89(70-80)90-71-81(119(4,5)6)55-65-104(90)132(103)85-58-62-101-109(76-85)134(107-68-78(113-93(123(16,17)18)44-40-45-94(113)124(19,20)21)52-60-87(107)115-97(127(28,29)30)48-42-49-98(115)128(31,32)33)111-74-84(122(13,14)15)75-112-117(111)131(101)102-63-59-86(133-105-66-56-82(120(7,8)9)72-91(105)92-73-83(121(10,11)12)57-67-106(92)133)77-110(102)135(112)108-69-79(114-95(125(22,23)24)46-41-47-96(114)126(25,26)27)53-61-88(108)116-99(129(34,35)36)50-43-51-100(116)130(37,38)39/h40-77H,1-39H3. The van der Waals surface area contributed by atoms with Gasteiger partial charge in [-0.05, 0) is 290 Å². The molecule has 135 heavy (non-hydrogen) atoms. The van der Waals surface area contributed by atoms with Crippen LogP contribution in [0.15, 0.2) is 231 Å². The Kier molecular flexibility index (Phi) is 22.6. The van der Waals surface area contributed by atoms with Crippen molar-refractivity contribution in [2.75, 3.05) is 9.80 Å². The first-order chi connectivity index (χ1) is 62.2. The molecule has 13 aromatic carbocycles. The lowest BCUT2D eigenvalue weighted by atomic mass is 9.33. The number of nitrogens with zero attached hydrogens (tertiary/aromatic N) is 4. The molecule has 0 spiro atoms. The highest BCUT2D eigenvalue weighted by Gasteiger charge is 2.48. The predicted molar refractivity (Wildman–Crippen MR) is 594 cm³/mol. The number of benzene rings is 13. The Morgan fingerprint density at radius 3 is 0.652 bits per heavy atom. The maximum absolute atomic E-state index is 2.85. The van der Waals surface area contributed by atoms with Crippen molar-refractivity contribution in [3.63, 3.8) is 0 Å². The van der Waals surface area contributed by atoms with Crippen molar-refractivity contribution in [1.29, 1.82) is 0 Å². The zero-order valence-corrected chi connectivity index (χ0v) is 89.8. The van der Waals surface area contributed by atoms with Gasteiger partial charge in [-0.1, -0.05) is 403 Å². The van der Waals surface area contributed by atoms with Gasteiger partial charge in [-0.25, -0.2) is 0 Å². The van der Waals surface area contributed by atoms with Gasteiger partial charge in [-0.3, -0.25) is 0 Å². The van der Waals surface area contributed by atoms with Gasteiger partial charge in [0.05, 0.1) is 33.4 Å². The second-order valence-corrected chi connectivity index (χ2v) is 53.7. The lowest BCUT2D eigenvalue weighted by Gasteiger charge is -2.46. The van der Waals surface area contributed by atoms with Crippen LogP contribution in [0.4, 0.5) is 34.1 Å². The van der Waals surface area contributed by atoms with Gasteiger partial charge >= 0.3 is 0 Å². The predicted octanol–water partition coefficient (Wildman–Crippen LogP) is 35.5. The van der Waals surface area contributed by atoms with E-state index in [2.05, 4.69) is 519 Å². The SMILES string of the molecule is CC(C)(C)c1cc2c3c(c1)N(c1cc(-c4c(C(C)(C)C)cccc4C(C)(C)C)ccc1-c1c(C(C)(C)C)cccc1C(C)(C)C)c1cc(-n4c5ccc(C(C)(C)C)cc5c5cc(C(C)(C)C)ccc54)ccc1B3c1ccc(-n3c4ccc(C(C)(C)C)cc4c4cc(C(C)(C)C)ccc43)cc1N2c1cc(-c2c(C(C)(C)C)cccc2C(C)(C)C)ccc1-c1c(C(C)(C)C)cccc1C(C)(C)C. The minimum atomic E-state index is -0.406. The molecule has 0 amide bonds. The van der Waals surface area contributed by atoms with Crippen molar-refractivity contribution in [2.45, 2.75) is 340 Å². The third-order valence-corrected chi connectivity index (χ3v) is 29.7. The second kappa shape index (κ2) is 31.8. The molecule has 0 saturated carbocycles. The van der Waals surface area contributed by atoms with Gasteiger partial charge in [0.15, 0.2) is 0 Å². The zero-order chi connectivity index (χ0) is 98.4. The molecule has 2 aromatic heterocycles. The van der Waals surface area contributed by atoms with Crippen LogP contribution < -0.4 is 26.2 Å². The molecule has 0 aliphatic carbocycles. The second-order valence-electron chi connectivity index (χ2n) is 53.7. The molecule has 0 N–H and O–H groups in total. The normalized spacial score (nSPS) is 14.1. The minimum Gasteiger partial charge on any atom is -0.311 e. The van der Waals surface area contributed by atoms with Crippen molar-refractivity contribution in [1.82, 2.24) is 9.13 Å². The summed E-state index contributed by atoms with van der Waals surface area (Å²) in [6.45, 7) is 93.6. The molecule has 0 bridgehead atoms. The van der Waals surface area contributed by atoms with E-state index in [-0.39, 0.29) is 71.7 Å². The van der Waals surface area contributed by atoms with E-state index in [1.54, 1.807) is 0 Å². The summed E-state index contributed by atoms with van der Waals surface area (Å²) >= 11 is 0. The molecule has 0 saturated heterocycles. The van der Waals surface area contributed by atoms with Gasteiger partial charge in [0.1, 0.15) is 0 Å². The molecule has 0 atom stereocenters. The Morgan fingerprint density at radius 1 is 0.185 bits per heavy atom. The van der Waals surface area contributed by atoms with Gasteiger partial charge in [0.25, 0.3) is 6.71 Å². The first-order valence-corrected chi connectivity index (χ1v) is 50.3. The molecule has 2 aliphatic rings. The summed E-state index contributed by atoms with van der Waals surface area (Å²) in [4.78, 5) is 5.70. The number of anilines is 6. The molecular weight excluding hydrogens is 1630 g/mol. The highest BCUT2D eigenvalue weighted by Crippen LogP contribution is 2.58. The topological polar surface area (TPSA) is 16.3 Å². The third kappa shape index (κ3) is 16.9. The van der Waals surface area contributed by atoms with Gasteiger partial charge in [0.2, 0.25) is 0 Å². The average molecular weight is 1780 g/mol. The van der Waals surface area contributed by atoms with E-state index in [1.165, 1.54) is 188 Å². The number of aromatic nitrogens is 2. The molecule has 0 fully saturated rings. The Balaban J connectivity index is 1.13. The van der Waals surface area contributed by atoms with Crippen molar-refractivity contribution < 1.29 is 0 Å². The lowest BCUT2D eigenvalue weighted by molar-refractivity contribution is 0.571. The zero-order valence-electron chi connectivity index (χ0n) is 89.8. The molecule has 4 heterocycles. The van der Waals surface area contributed by atoms with E-state index >= 15 is 0 Å². The third-order valence-electron chi connectivity index (χ3n) is 29.7. The van der Waals surface area contributed by atoms with Crippen LogP contribution in [0.5, 0.6) is 0 Å². The fourth-order valence-corrected chi connectivity index (χ4v) is 22.2. The van der Waals surface area contributed by atoms with Gasteiger partial charge in [-0.15, -0.1) is 0 Å². The maximum Gasteiger partial charge on any atom is 0.252 e. The summed E-state index contributed by atoms with van der Waals surface area (Å²) < 4.78 is 5.24. The molecule has 4 nitrogen and oxygen atoms in total. The van der Waals surface area contributed by atoms with Gasteiger partial charge in [-0.2, -0.15) is 0 Å². The average Bonchev–Trinajstić information content (AvgIpc) is 1.11. The Morgan fingerprint density at radius 2 is 0.422 bits per heavy atom. The largest absolute Gasteiger partial charge is 0.311 e. The van der Waals surface area contributed by atoms with Gasteiger partial charge in [0, 0.05) is 66.8 Å². The monoisotopic (exact) mass is 1780 g/mol. The van der Waals surface area contributed by atoms with E-state index < -0.39 is 5.41 Å². The first-order valence-electron chi connectivity index (χ1n) is 50.3. The molecule has 5 heteroatoms. The maximum atomic E-state index is 2.85. The summed E-state index contributed by atoms with van der Waals surface area (Å²) in [7, 11) is 0. The quantitative estimate of drug-likeness (QED) is 0.141. The van der Waals surface area contributed by atoms with Crippen LogP contribution >= 0.6 is 0 Å². The summed E-state index contributed by atoms with van der Waals surface area (Å²) in [5.74, 6) is 0. The molecule has 698 valence electrons. The van der Waals surface area contributed by atoms with Crippen LogP contribution in [0, 0.1) is 0 Å². The minimum absolute atomic E-state index is 0.0903. The van der Waals surface area contributed by atoms with Crippen molar-refractivity contribution in [3.05, 3.63) is 303 Å². The molecule has 2 aliphatic heterocycles. The fraction of sp³-hybridized carbons (Fsp3) is 0.400. The van der Waals surface area contributed by atoms with Crippen molar-refractivity contribution >= 4 is 101 Å². The van der Waals surface area contributed by atoms with E-state index in [4.69, 9.17) is 0 Å². The first kappa shape index (κ1) is 95.8. The molecule has 15 aromatic rings. The van der Waals surface area contributed by atoms with Crippen LogP contribution in [0.25, 0.3) is 99.5 Å². The molecular formula is C130H155BN4. The Hall–Kier alpha value is -10.9. The lowest BCUT2D eigenvalue weighted by Crippen LogP contribution is -2.61. The van der Waals surface area contributed by atoms with E-state index in [0.29, 0.717) is 0 Å². The molecule has 0 radical (unpaired) electrons. The van der Waals surface area contributed by atoms with Crippen LogP contribution in [0.2, 0.25) is 0 Å². The summed E-state index contributed by atoms with van der Waals surface area (Å²) in [5, 5.41) is 5.07. The van der Waals surface area contributed by atoms with E-state index in [0.717, 1.165) is 34.1 Å². The Labute approximate surface area is 813 Å². The summed E-state index contributed by atoms with van der Waals surface area (Å²) in [5.41, 5.74) is 42.1. The summed E-state index contributed by atoms with van der Waals surface area (Å²) in [6, 6.07) is 94.6. The van der Waals surface area contributed by atoms with Crippen LogP contribution in [0.1, 0.15) is 342 Å². The van der Waals surface area contributed by atoms with E-state index in [1.807, 2.05) is 0 Å². The highest BCUT2D eigenvalue weighted by atomic mass is 15.2. The van der Waals surface area contributed by atoms with Crippen LogP contribution in [0.3, 0.4) is 0 Å². The number of fused-ring (bicyclic) bond motifs is 10. The van der Waals surface area contributed by atoms with Gasteiger partial charge < -0.3 is 18.9 Å². The number of rotatable bonds is 8. The Bertz CT molecular complexity index is 6600. The van der Waals surface area contributed by atoms with Crippen molar-refractivity contribution in [3.8, 4) is 55.9 Å². The smallest absolute Gasteiger partial charge is 0.252 e. The van der Waals surface area contributed by atoms with Crippen molar-refractivity contribution in [2.24, 2.45) is 0 Å². The number of hydrogen-bond donors (Lipinski definition) is 0. The summed E-state index contributed by atoms with van der Waals surface area (Å²) in [6.07, 6.45) is 0. The fourth-order valence-electron chi connectivity index (χ4n) is 22.2. The van der Waals surface area contributed by atoms with E-state index in [9.17, 15) is 0 Å². The molecule has 0 unspecified atom stereocenters. The van der Waals surface area contributed by atoms with Crippen LogP contribution in [-0.2, 0) is 70.4 Å². The molecule has 17 rings (SSSR count). The van der Waals surface area contributed by atoms with Crippen LogP contribution in [-0.4, -0.2) is 15.8 Å². The number of hydrogen-bond acceptors (Lipinski definition) is 2.